The smallest absolute Gasteiger partial charge is 0.244 e. The van der Waals surface area contributed by atoms with Gasteiger partial charge in [-0.2, -0.15) is 10.1 Å². The van der Waals surface area contributed by atoms with Gasteiger partial charge in [-0.1, -0.05) is 60.2 Å². The number of hydrogen-bond donors (Lipinski definition) is 2. The zero-order chi connectivity index (χ0) is 19.9. The number of nitrogens with one attached hydrogen (secondary N) is 2. The number of aromatic nitrogens is 3. The lowest BCUT2D eigenvalue weighted by atomic mass is 10.1. The minimum Gasteiger partial charge on any atom is -0.455 e. The molecule has 0 atom stereocenters. The molecule has 6 nitrogen and oxygen atoms in total. The van der Waals surface area contributed by atoms with E-state index in [1.54, 1.807) is 6.20 Å². The molecule has 0 unspecified atom stereocenters. The Bertz CT molecular complexity index is 1090. The number of aryl methyl sites for hydroxylation is 1. The first kappa shape index (κ1) is 18.4. The summed E-state index contributed by atoms with van der Waals surface area (Å²) in [6.07, 6.45) is 1.58. The molecule has 0 amide bonds. The molecule has 0 spiro atoms. The predicted molar refractivity (Wildman–Crippen MR) is 115 cm³/mol. The van der Waals surface area contributed by atoms with Crippen LogP contribution in [0.3, 0.4) is 0 Å². The lowest BCUT2D eigenvalue weighted by Crippen LogP contribution is -2.06. The first-order chi connectivity index (χ1) is 14.3. The molecule has 0 aliphatic rings. The second kappa shape index (κ2) is 8.84. The summed E-state index contributed by atoms with van der Waals surface area (Å²) in [5.74, 6) is 2.50. The summed E-state index contributed by atoms with van der Waals surface area (Å²) in [5, 5.41) is 14.6. The molecule has 0 aliphatic heterocycles. The third kappa shape index (κ3) is 5.07. The molecular formula is C23H21N5O. The van der Waals surface area contributed by atoms with E-state index >= 15 is 0 Å². The first-order valence-electron chi connectivity index (χ1n) is 9.34. The van der Waals surface area contributed by atoms with Crippen molar-refractivity contribution in [1.29, 1.82) is 0 Å². The van der Waals surface area contributed by atoms with Crippen LogP contribution >= 0.6 is 0 Å². The van der Waals surface area contributed by atoms with Gasteiger partial charge in [0.2, 0.25) is 5.95 Å². The van der Waals surface area contributed by atoms with Crippen LogP contribution < -0.4 is 15.4 Å². The van der Waals surface area contributed by atoms with Gasteiger partial charge in [0.05, 0.1) is 11.9 Å². The number of ether oxygens (including phenoxy) is 1. The Kier molecular flexibility index (Phi) is 5.62. The number of benzene rings is 3. The SMILES string of the molecule is Cc1cccc(CNc2nncc(Nc3ccccc3Oc3ccccc3)n2)c1. The molecule has 0 radical (unpaired) electrons. The minimum absolute atomic E-state index is 0.456. The van der Waals surface area contributed by atoms with Gasteiger partial charge < -0.3 is 15.4 Å². The lowest BCUT2D eigenvalue weighted by Gasteiger charge is -2.13. The average molecular weight is 383 g/mol. The third-order valence-corrected chi connectivity index (χ3v) is 4.21. The standard InChI is InChI=1S/C23H21N5O/c1-17-8-7-9-18(14-17)15-24-23-27-22(16-25-28-23)26-20-12-5-6-13-21(20)29-19-10-3-2-4-11-19/h2-14,16H,15H2,1H3,(H2,24,26,27,28). The van der Waals surface area contributed by atoms with Gasteiger partial charge >= 0.3 is 0 Å². The number of nitrogens with zero attached hydrogens (tertiary/aromatic N) is 3. The lowest BCUT2D eigenvalue weighted by molar-refractivity contribution is 0.485. The molecule has 0 fully saturated rings. The Hall–Kier alpha value is -3.93. The highest BCUT2D eigenvalue weighted by Crippen LogP contribution is 2.30. The quantitative estimate of drug-likeness (QED) is 0.449. The van der Waals surface area contributed by atoms with Crippen molar-refractivity contribution in [3.05, 3.63) is 96.2 Å². The van der Waals surface area contributed by atoms with Gasteiger partial charge in [-0.3, -0.25) is 0 Å². The van der Waals surface area contributed by atoms with Crippen LogP contribution in [0.5, 0.6) is 11.5 Å². The fourth-order valence-corrected chi connectivity index (χ4v) is 2.85. The maximum absolute atomic E-state index is 5.99. The van der Waals surface area contributed by atoms with Crippen LogP contribution in [0.25, 0.3) is 0 Å². The summed E-state index contributed by atoms with van der Waals surface area (Å²) in [6.45, 7) is 2.70. The van der Waals surface area contributed by atoms with E-state index in [-0.39, 0.29) is 0 Å². The van der Waals surface area contributed by atoms with E-state index < -0.39 is 0 Å². The van der Waals surface area contributed by atoms with Crippen LogP contribution in [-0.4, -0.2) is 15.2 Å². The largest absolute Gasteiger partial charge is 0.455 e. The zero-order valence-corrected chi connectivity index (χ0v) is 16.0. The molecule has 4 rings (SSSR count). The fourth-order valence-electron chi connectivity index (χ4n) is 2.85. The molecule has 0 aliphatic carbocycles. The van der Waals surface area contributed by atoms with E-state index in [4.69, 9.17) is 4.74 Å². The van der Waals surface area contributed by atoms with Crippen molar-refractivity contribution in [1.82, 2.24) is 15.2 Å². The molecule has 29 heavy (non-hydrogen) atoms. The van der Waals surface area contributed by atoms with Crippen LogP contribution in [0, 0.1) is 6.92 Å². The van der Waals surface area contributed by atoms with Crippen molar-refractivity contribution < 1.29 is 4.74 Å². The Morgan fingerprint density at radius 3 is 2.59 bits per heavy atom. The molecule has 0 saturated carbocycles. The van der Waals surface area contributed by atoms with Crippen LogP contribution in [0.15, 0.2) is 85.1 Å². The monoisotopic (exact) mass is 383 g/mol. The topological polar surface area (TPSA) is 72.0 Å². The zero-order valence-electron chi connectivity index (χ0n) is 16.0. The molecule has 3 aromatic carbocycles. The molecule has 1 heterocycles. The van der Waals surface area contributed by atoms with E-state index in [1.165, 1.54) is 5.56 Å². The molecule has 0 bridgehead atoms. The Balaban J connectivity index is 1.47. The molecule has 2 N–H and O–H groups in total. The molecule has 144 valence electrons. The molecule has 4 aromatic rings. The summed E-state index contributed by atoms with van der Waals surface area (Å²) in [5.41, 5.74) is 3.17. The Morgan fingerprint density at radius 2 is 1.72 bits per heavy atom. The first-order valence-corrected chi connectivity index (χ1v) is 9.34. The Labute approximate surface area is 169 Å². The van der Waals surface area contributed by atoms with Gasteiger partial charge in [0.25, 0.3) is 0 Å². The maximum Gasteiger partial charge on any atom is 0.244 e. The number of rotatable bonds is 7. The number of hydrogen-bond acceptors (Lipinski definition) is 6. The van der Waals surface area contributed by atoms with Crippen molar-refractivity contribution in [2.24, 2.45) is 0 Å². The maximum atomic E-state index is 5.99. The summed E-state index contributed by atoms with van der Waals surface area (Å²) in [4.78, 5) is 4.50. The van der Waals surface area contributed by atoms with E-state index in [2.05, 4.69) is 50.9 Å². The van der Waals surface area contributed by atoms with Crippen molar-refractivity contribution in [3.63, 3.8) is 0 Å². The third-order valence-electron chi connectivity index (χ3n) is 4.21. The average Bonchev–Trinajstić information content (AvgIpc) is 2.75. The van der Waals surface area contributed by atoms with Gasteiger partial charge in [-0.15, -0.1) is 5.10 Å². The van der Waals surface area contributed by atoms with Gasteiger partial charge in [0.15, 0.2) is 11.6 Å². The van der Waals surface area contributed by atoms with Crippen molar-refractivity contribution >= 4 is 17.5 Å². The highest BCUT2D eigenvalue weighted by atomic mass is 16.5. The van der Waals surface area contributed by atoms with Crippen molar-refractivity contribution in [2.75, 3.05) is 10.6 Å². The molecular weight excluding hydrogens is 362 g/mol. The second-order valence-electron chi connectivity index (χ2n) is 6.54. The summed E-state index contributed by atoms with van der Waals surface area (Å²) in [7, 11) is 0. The minimum atomic E-state index is 0.456. The van der Waals surface area contributed by atoms with Crippen molar-refractivity contribution in [3.8, 4) is 11.5 Å². The van der Waals surface area contributed by atoms with Gasteiger partial charge in [-0.05, 0) is 36.8 Å². The van der Waals surface area contributed by atoms with Gasteiger partial charge in [0, 0.05) is 6.54 Å². The van der Waals surface area contributed by atoms with E-state index in [1.807, 2.05) is 60.7 Å². The van der Waals surface area contributed by atoms with Gasteiger partial charge in [-0.25, -0.2) is 0 Å². The van der Waals surface area contributed by atoms with Crippen LogP contribution in [0.4, 0.5) is 17.5 Å². The molecule has 1 aromatic heterocycles. The molecule has 6 heteroatoms. The predicted octanol–water partition coefficient (Wildman–Crippen LogP) is 5.33. The van der Waals surface area contributed by atoms with Crippen LogP contribution in [0.2, 0.25) is 0 Å². The number of para-hydroxylation sites is 3. The van der Waals surface area contributed by atoms with E-state index in [0.717, 1.165) is 17.0 Å². The van der Waals surface area contributed by atoms with Gasteiger partial charge in [0.1, 0.15) is 5.75 Å². The second-order valence-corrected chi connectivity index (χ2v) is 6.54. The number of anilines is 3. The summed E-state index contributed by atoms with van der Waals surface area (Å²) < 4.78 is 5.99. The van der Waals surface area contributed by atoms with E-state index in [9.17, 15) is 0 Å². The normalized spacial score (nSPS) is 10.4. The van der Waals surface area contributed by atoms with E-state index in [0.29, 0.717) is 24.1 Å². The highest BCUT2D eigenvalue weighted by Gasteiger charge is 2.07. The van der Waals surface area contributed by atoms with Crippen molar-refractivity contribution in [2.45, 2.75) is 13.5 Å². The summed E-state index contributed by atoms with van der Waals surface area (Å²) >= 11 is 0. The van der Waals surface area contributed by atoms with Crippen LogP contribution in [0.1, 0.15) is 11.1 Å². The molecule has 0 saturated heterocycles. The van der Waals surface area contributed by atoms with Crippen LogP contribution in [-0.2, 0) is 6.54 Å². The Morgan fingerprint density at radius 1 is 0.897 bits per heavy atom. The summed E-state index contributed by atoms with van der Waals surface area (Å²) in [6, 6.07) is 25.6. The fraction of sp³-hybridized carbons (Fsp3) is 0.0870. The highest BCUT2D eigenvalue weighted by molar-refractivity contribution is 5.64.